The smallest absolute Gasteiger partial charge is 0.321 e. The van der Waals surface area contributed by atoms with Crippen molar-refractivity contribution in [3.63, 3.8) is 0 Å². The molecule has 1 atom stereocenters. The first-order valence-electron chi connectivity index (χ1n) is 5.87. The van der Waals surface area contributed by atoms with E-state index in [2.05, 4.69) is 10.6 Å². The fourth-order valence-electron chi connectivity index (χ4n) is 1.29. The third kappa shape index (κ3) is 5.23. The van der Waals surface area contributed by atoms with Gasteiger partial charge in [0.15, 0.2) is 0 Å². The fraction of sp³-hybridized carbons (Fsp3) is 0.385. The molecule has 0 aliphatic carbocycles. The standard InChI is InChI=1S/C13H18N2O2S/c1-3-14-13(17)15-12(16)10(2)18-9-11-7-5-4-6-8-11/h4-8,10H,3,9H2,1-2H3,(H2,14,15,16,17)/t10-/m0/s1. The van der Waals surface area contributed by atoms with Crippen molar-refractivity contribution in [3.8, 4) is 0 Å². The minimum atomic E-state index is -0.435. The van der Waals surface area contributed by atoms with Crippen LogP contribution in [-0.2, 0) is 10.5 Å². The Morgan fingerprint density at radius 3 is 2.56 bits per heavy atom. The average Bonchev–Trinajstić information content (AvgIpc) is 2.37. The predicted octanol–water partition coefficient (Wildman–Crippen LogP) is 2.15. The van der Waals surface area contributed by atoms with Gasteiger partial charge in [0.1, 0.15) is 0 Å². The molecular weight excluding hydrogens is 248 g/mol. The molecule has 1 aromatic carbocycles. The highest BCUT2D eigenvalue weighted by molar-refractivity contribution is 7.99. The van der Waals surface area contributed by atoms with Crippen molar-refractivity contribution in [3.05, 3.63) is 35.9 Å². The van der Waals surface area contributed by atoms with Crippen LogP contribution in [0.25, 0.3) is 0 Å². The summed E-state index contributed by atoms with van der Waals surface area (Å²) in [7, 11) is 0. The Labute approximate surface area is 112 Å². The van der Waals surface area contributed by atoms with E-state index in [0.717, 1.165) is 5.75 Å². The lowest BCUT2D eigenvalue weighted by Gasteiger charge is -2.11. The van der Waals surface area contributed by atoms with E-state index in [4.69, 9.17) is 0 Å². The lowest BCUT2D eigenvalue weighted by molar-refractivity contribution is -0.119. The zero-order valence-electron chi connectivity index (χ0n) is 10.6. The molecule has 98 valence electrons. The monoisotopic (exact) mass is 266 g/mol. The van der Waals surface area contributed by atoms with Gasteiger partial charge < -0.3 is 5.32 Å². The van der Waals surface area contributed by atoms with Crippen LogP contribution in [0, 0.1) is 0 Å². The molecule has 0 aromatic heterocycles. The van der Waals surface area contributed by atoms with Crippen molar-refractivity contribution in [1.82, 2.24) is 10.6 Å². The summed E-state index contributed by atoms with van der Waals surface area (Å²) in [5.74, 6) is 0.493. The summed E-state index contributed by atoms with van der Waals surface area (Å²) < 4.78 is 0. The molecular formula is C13H18N2O2S. The van der Waals surface area contributed by atoms with Crippen LogP contribution in [0.15, 0.2) is 30.3 Å². The van der Waals surface area contributed by atoms with Gasteiger partial charge >= 0.3 is 6.03 Å². The topological polar surface area (TPSA) is 58.2 Å². The fourth-order valence-corrected chi connectivity index (χ4v) is 2.13. The molecule has 0 unspecified atom stereocenters. The van der Waals surface area contributed by atoms with E-state index in [0.29, 0.717) is 6.54 Å². The average molecular weight is 266 g/mol. The van der Waals surface area contributed by atoms with Crippen LogP contribution in [0.2, 0.25) is 0 Å². The Hall–Kier alpha value is -1.49. The summed E-state index contributed by atoms with van der Waals surface area (Å²) >= 11 is 1.51. The van der Waals surface area contributed by atoms with Crippen LogP contribution in [0.4, 0.5) is 4.79 Å². The largest absolute Gasteiger partial charge is 0.338 e. The van der Waals surface area contributed by atoms with Crippen molar-refractivity contribution in [2.75, 3.05) is 6.54 Å². The lowest BCUT2D eigenvalue weighted by Crippen LogP contribution is -2.42. The maximum atomic E-state index is 11.7. The molecule has 5 heteroatoms. The predicted molar refractivity (Wildman–Crippen MR) is 74.4 cm³/mol. The molecule has 1 aromatic rings. The molecule has 0 spiro atoms. The summed E-state index contributed by atoms with van der Waals surface area (Å²) in [6.07, 6.45) is 0. The van der Waals surface area contributed by atoms with Gasteiger partial charge in [-0.15, -0.1) is 11.8 Å². The van der Waals surface area contributed by atoms with Crippen LogP contribution < -0.4 is 10.6 Å². The normalized spacial score (nSPS) is 11.7. The molecule has 0 bridgehead atoms. The molecule has 0 heterocycles. The second-order valence-corrected chi connectivity index (χ2v) is 5.12. The SMILES string of the molecule is CCNC(=O)NC(=O)[C@H](C)SCc1ccccc1. The Bertz CT molecular complexity index is 395. The number of imide groups is 1. The molecule has 1 rings (SSSR count). The van der Waals surface area contributed by atoms with Crippen molar-refractivity contribution in [1.29, 1.82) is 0 Å². The van der Waals surface area contributed by atoms with Crippen molar-refractivity contribution >= 4 is 23.7 Å². The van der Waals surface area contributed by atoms with E-state index < -0.39 is 6.03 Å². The van der Waals surface area contributed by atoms with E-state index in [-0.39, 0.29) is 11.2 Å². The number of carbonyl (C=O) groups excluding carboxylic acids is 2. The summed E-state index contributed by atoms with van der Waals surface area (Å²) in [5, 5.41) is 4.58. The maximum Gasteiger partial charge on any atom is 0.321 e. The number of urea groups is 1. The van der Waals surface area contributed by atoms with Gasteiger partial charge in [0, 0.05) is 12.3 Å². The first-order chi connectivity index (χ1) is 8.63. The van der Waals surface area contributed by atoms with Crippen LogP contribution in [0.1, 0.15) is 19.4 Å². The Morgan fingerprint density at radius 2 is 1.94 bits per heavy atom. The molecule has 0 aliphatic heterocycles. The number of benzene rings is 1. The third-order valence-corrected chi connectivity index (χ3v) is 3.50. The minimum Gasteiger partial charge on any atom is -0.338 e. The van der Waals surface area contributed by atoms with Gasteiger partial charge in [-0.05, 0) is 19.4 Å². The summed E-state index contributed by atoms with van der Waals surface area (Å²) in [5.41, 5.74) is 1.17. The van der Waals surface area contributed by atoms with Crippen molar-refractivity contribution in [2.24, 2.45) is 0 Å². The number of carbonyl (C=O) groups is 2. The van der Waals surface area contributed by atoms with E-state index in [1.807, 2.05) is 30.3 Å². The molecule has 4 nitrogen and oxygen atoms in total. The lowest BCUT2D eigenvalue weighted by atomic mass is 10.2. The summed E-state index contributed by atoms with van der Waals surface area (Å²) in [6.45, 7) is 4.10. The molecule has 0 aliphatic rings. The Kier molecular flexibility index (Phi) is 6.28. The number of hydrogen-bond acceptors (Lipinski definition) is 3. The number of thioether (sulfide) groups is 1. The van der Waals surface area contributed by atoms with Crippen LogP contribution in [0.3, 0.4) is 0 Å². The Morgan fingerprint density at radius 1 is 1.28 bits per heavy atom. The van der Waals surface area contributed by atoms with E-state index in [1.54, 1.807) is 13.8 Å². The molecule has 0 radical (unpaired) electrons. The number of rotatable bonds is 5. The second-order valence-electron chi connectivity index (χ2n) is 3.79. The van der Waals surface area contributed by atoms with Gasteiger partial charge in [-0.25, -0.2) is 4.79 Å². The second kappa shape index (κ2) is 7.76. The van der Waals surface area contributed by atoms with E-state index in [9.17, 15) is 9.59 Å². The Balaban J connectivity index is 2.34. The maximum absolute atomic E-state index is 11.7. The molecule has 18 heavy (non-hydrogen) atoms. The highest BCUT2D eigenvalue weighted by atomic mass is 32.2. The van der Waals surface area contributed by atoms with Gasteiger partial charge in [0.05, 0.1) is 5.25 Å². The number of nitrogens with one attached hydrogen (secondary N) is 2. The third-order valence-electron chi connectivity index (χ3n) is 2.29. The van der Waals surface area contributed by atoms with Crippen LogP contribution in [0.5, 0.6) is 0 Å². The minimum absolute atomic E-state index is 0.257. The number of hydrogen-bond donors (Lipinski definition) is 2. The quantitative estimate of drug-likeness (QED) is 0.858. The molecule has 2 N–H and O–H groups in total. The van der Waals surface area contributed by atoms with Crippen molar-refractivity contribution < 1.29 is 9.59 Å². The highest BCUT2D eigenvalue weighted by Crippen LogP contribution is 2.17. The molecule has 0 fully saturated rings. The van der Waals surface area contributed by atoms with Gasteiger partial charge in [-0.1, -0.05) is 30.3 Å². The summed E-state index contributed by atoms with van der Waals surface area (Å²) in [4.78, 5) is 22.8. The van der Waals surface area contributed by atoms with Crippen LogP contribution >= 0.6 is 11.8 Å². The number of amides is 3. The summed E-state index contributed by atoms with van der Waals surface area (Å²) in [6, 6.07) is 9.49. The first-order valence-corrected chi connectivity index (χ1v) is 6.92. The van der Waals surface area contributed by atoms with Crippen LogP contribution in [-0.4, -0.2) is 23.7 Å². The zero-order chi connectivity index (χ0) is 13.4. The molecule has 0 saturated carbocycles. The first kappa shape index (κ1) is 14.6. The molecule has 3 amide bonds. The molecule has 0 saturated heterocycles. The zero-order valence-corrected chi connectivity index (χ0v) is 11.4. The highest BCUT2D eigenvalue weighted by Gasteiger charge is 2.15. The van der Waals surface area contributed by atoms with Gasteiger partial charge in [0.2, 0.25) is 5.91 Å². The van der Waals surface area contributed by atoms with Gasteiger partial charge in [0.25, 0.3) is 0 Å². The van der Waals surface area contributed by atoms with E-state index >= 15 is 0 Å². The van der Waals surface area contributed by atoms with Gasteiger partial charge in [-0.2, -0.15) is 0 Å². The van der Waals surface area contributed by atoms with Crippen molar-refractivity contribution in [2.45, 2.75) is 24.9 Å². The van der Waals surface area contributed by atoms with Gasteiger partial charge in [-0.3, -0.25) is 10.1 Å². The van der Waals surface area contributed by atoms with E-state index in [1.165, 1.54) is 17.3 Å².